The first-order valence-corrected chi connectivity index (χ1v) is 6.85. The Morgan fingerprint density at radius 2 is 2.05 bits per heavy atom. The standard InChI is InChI=1S/C15H20N2O3/c1-10-8-16-9-12(10)15(20)17-13(7-14(18)19)11-5-3-2-4-6-11/h2-6,10,12-13,16H,7-9H2,1H3,(H,17,20)(H,18,19)/t10-,12-,13?/m1/s1. The zero-order valence-electron chi connectivity index (χ0n) is 11.5. The topological polar surface area (TPSA) is 78.4 Å². The zero-order valence-corrected chi connectivity index (χ0v) is 11.5. The fraction of sp³-hybridized carbons (Fsp3) is 0.467. The third-order valence-electron chi connectivity index (χ3n) is 3.75. The van der Waals surface area contributed by atoms with Crippen LogP contribution in [0.25, 0.3) is 0 Å². The molecule has 5 heteroatoms. The van der Waals surface area contributed by atoms with Crippen molar-refractivity contribution in [1.82, 2.24) is 10.6 Å². The Balaban J connectivity index is 2.08. The van der Waals surface area contributed by atoms with E-state index in [1.807, 2.05) is 37.3 Å². The van der Waals surface area contributed by atoms with Crippen molar-refractivity contribution >= 4 is 11.9 Å². The Kier molecular flexibility index (Phi) is 4.74. The minimum absolute atomic E-state index is 0.0717. The molecule has 3 atom stereocenters. The Hall–Kier alpha value is -1.88. The molecule has 1 fully saturated rings. The lowest BCUT2D eigenvalue weighted by Crippen LogP contribution is -2.37. The fourth-order valence-electron chi connectivity index (χ4n) is 2.55. The number of carboxylic acid groups (broad SMARTS) is 1. The summed E-state index contributed by atoms with van der Waals surface area (Å²) in [5.74, 6) is -0.805. The first kappa shape index (κ1) is 14.5. The zero-order chi connectivity index (χ0) is 14.5. The van der Waals surface area contributed by atoms with Gasteiger partial charge in [-0.2, -0.15) is 0 Å². The van der Waals surface area contributed by atoms with Crippen LogP contribution in [0.4, 0.5) is 0 Å². The maximum atomic E-state index is 12.3. The lowest BCUT2D eigenvalue weighted by Gasteiger charge is -2.21. The highest BCUT2D eigenvalue weighted by molar-refractivity contribution is 5.81. The van der Waals surface area contributed by atoms with Crippen LogP contribution in [0.3, 0.4) is 0 Å². The van der Waals surface area contributed by atoms with Gasteiger partial charge in [0, 0.05) is 6.54 Å². The number of rotatable bonds is 5. The first-order valence-electron chi connectivity index (χ1n) is 6.85. The summed E-state index contributed by atoms with van der Waals surface area (Å²) in [6.07, 6.45) is -0.107. The molecule has 3 N–H and O–H groups in total. The Bertz CT molecular complexity index is 475. The lowest BCUT2D eigenvalue weighted by molar-refractivity contribution is -0.138. The lowest BCUT2D eigenvalue weighted by atomic mass is 9.95. The molecule has 1 saturated heterocycles. The predicted molar refractivity (Wildman–Crippen MR) is 75.1 cm³/mol. The summed E-state index contributed by atoms with van der Waals surface area (Å²) in [5.41, 5.74) is 0.821. The van der Waals surface area contributed by atoms with Crippen molar-refractivity contribution in [3.8, 4) is 0 Å². The average Bonchev–Trinajstić information content (AvgIpc) is 2.85. The maximum Gasteiger partial charge on any atom is 0.305 e. The van der Waals surface area contributed by atoms with E-state index in [9.17, 15) is 9.59 Å². The van der Waals surface area contributed by atoms with Crippen molar-refractivity contribution in [1.29, 1.82) is 0 Å². The molecule has 2 rings (SSSR count). The highest BCUT2D eigenvalue weighted by Gasteiger charge is 2.31. The largest absolute Gasteiger partial charge is 0.481 e. The quantitative estimate of drug-likeness (QED) is 0.754. The van der Waals surface area contributed by atoms with Gasteiger partial charge in [-0.3, -0.25) is 9.59 Å². The Morgan fingerprint density at radius 3 is 2.60 bits per heavy atom. The van der Waals surface area contributed by atoms with Gasteiger partial charge < -0.3 is 15.7 Å². The molecule has 0 radical (unpaired) electrons. The smallest absolute Gasteiger partial charge is 0.305 e. The highest BCUT2D eigenvalue weighted by Crippen LogP contribution is 2.21. The third kappa shape index (κ3) is 3.57. The van der Waals surface area contributed by atoms with Gasteiger partial charge in [-0.1, -0.05) is 37.3 Å². The molecular weight excluding hydrogens is 256 g/mol. The number of hydrogen-bond acceptors (Lipinski definition) is 3. The molecule has 1 aromatic rings. The van der Waals surface area contributed by atoms with Crippen LogP contribution < -0.4 is 10.6 Å². The number of carbonyl (C=O) groups excluding carboxylic acids is 1. The number of benzene rings is 1. The number of amides is 1. The maximum absolute atomic E-state index is 12.3. The predicted octanol–water partition coefficient (Wildman–Crippen LogP) is 1.17. The molecule has 1 aliphatic rings. The minimum Gasteiger partial charge on any atom is -0.481 e. The molecule has 108 valence electrons. The monoisotopic (exact) mass is 276 g/mol. The normalized spacial score (nSPS) is 23.2. The van der Waals surface area contributed by atoms with Crippen molar-refractivity contribution in [2.24, 2.45) is 11.8 Å². The number of aliphatic carboxylic acids is 1. The molecule has 0 saturated carbocycles. The van der Waals surface area contributed by atoms with Crippen LogP contribution in [-0.2, 0) is 9.59 Å². The van der Waals surface area contributed by atoms with Gasteiger partial charge in [0.25, 0.3) is 0 Å². The summed E-state index contributed by atoms with van der Waals surface area (Å²) in [7, 11) is 0. The molecule has 0 spiro atoms. The molecule has 1 unspecified atom stereocenters. The molecule has 1 heterocycles. The summed E-state index contributed by atoms with van der Waals surface area (Å²) in [5, 5.41) is 15.1. The molecule has 20 heavy (non-hydrogen) atoms. The van der Waals surface area contributed by atoms with E-state index in [1.54, 1.807) is 0 Å². The second-order valence-corrected chi connectivity index (χ2v) is 5.31. The molecule has 5 nitrogen and oxygen atoms in total. The van der Waals surface area contributed by atoms with Crippen molar-refractivity contribution < 1.29 is 14.7 Å². The van der Waals surface area contributed by atoms with E-state index in [0.29, 0.717) is 6.54 Å². The summed E-state index contributed by atoms with van der Waals surface area (Å²) in [6, 6.07) is 8.75. The van der Waals surface area contributed by atoms with E-state index >= 15 is 0 Å². The van der Waals surface area contributed by atoms with Crippen molar-refractivity contribution in [2.45, 2.75) is 19.4 Å². The molecular formula is C15H20N2O3. The van der Waals surface area contributed by atoms with Gasteiger partial charge in [0.2, 0.25) is 5.91 Å². The average molecular weight is 276 g/mol. The molecule has 0 aliphatic carbocycles. The van der Waals surface area contributed by atoms with E-state index in [2.05, 4.69) is 10.6 Å². The number of carboxylic acids is 1. The van der Waals surface area contributed by atoms with Gasteiger partial charge in [-0.25, -0.2) is 0 Å². The fourth-order valence-corrected chi connectivity index (χ4v) is 2.55. The summed E-state index contributed by atoms with van der Waals surface area (Å²) in [4.78, 5) is 23.3. The Morgan fingerprint density at radius 1 is 1.35 bits per heavy atom. The van der Waals surface area contributed by atoms with E-state index in [1.165, 1.54) is 0 Å². The van der Waals surface area contributed by atoms with Gasteiger partial charge in [0.05, 0.1) is 18.4 Å². The summed E-state index contributed by atoms with van der Waals surface area (Å²) < 4.78 is 0. The number of hydrogen-bond donors (Lipinski definition) is 3. The molecule has 1 amide bonds. The van der Waals surface area contributed by atoms with E-state index < -0.39 is 12.0 Å². The molecule has 0 aromatic heterocycles. The molecule has 0 bridgehead atoms. The molecule has 1 aromatic carbocycles. The number of nitrogens with one attached hydrogen (secondary N) is 2. The number of carbonyl (C=O) groups is 2. The van der Waals surface area contributed by atoms with E-state index in [0.717, 1.165) is 12.1 Å². The Labute approximate surface area is 118 Å². The van der Waals surface area contributed by atoms with Gasteiger partial charge >= 0.3 is 5.97 Å². The van der Waals surface area contributed by atoms with Crippen molar-refractivity contribution in [3.05, 3.63) is 35.9 Å². The van der Waals surface area contributed by atoms with Crippen LogP contribution >= 0.6 is 0 Å². The van der Waals surface area contributed by atoms with Gasteiger partial charge in [0.1, 0.15) is 0 Å². The summed E-state index contributed by atoms with van der Waals surface area (Å²) in [6.45, 7) is 3.51. The van der Waals surface area contributed by atoms with E-state index in [-0.39, 0.29) is 24.2 Å². The summed E-state index contributed by atoms with van der Waals surface area (Å²) >= 11 is 0. The van der Waals surface area contributed by atoms with Crippen molar-refractivity contribution in [2.75, 3.05) is 13.1 Å². The van der Waals surface area contributed by atoms with Crippen LogP contribution in [0.5, 0.6) is 0 Å². The van der Waals surface area contributed by atoms with Gasteiger partial charge in [-0.05, 0) is 18.0 Å². The minimum atomic E-state index is -0.920. The SMILES string of the molecule is C[C@@H]1CNC[C@H]1C(=O)NC(CC(=O)O)c1ccccc1. The first-order chi connectivity index (χ1) is 9.58. The van der Waals surface area contributed by atoms with Gasteiger partial charge in [0.15, 0.2) is 0 Å². The van der Waals surface area contributed by atoms with E-state index in [4.69, 9.17) is 5.11 Å². The van der Waals surface area contributed by atoms with Crippen molar-refractivity contribution in [3.63, 3.8) is 0 Å². The second kappa shape index (κ2) is 6.52. The van der Waals surface area contributed by atoms with Crippen LogP contribution in [0, 0.1) is 11.8 Å². The third-order valence-corrected chi connectivity index (χ3v) is 3.75. The molecule has 1 aliphatic heterocycles. The highest BCUT2D eigenvalue weighted by atomic mass is 16.4. The second-order valence-electron chi connectivity index (χ2n) is 5.31. The van der Waals surface area contributed by atoms with Gasteiger partial charge in [-0.15, -0.1) is 0 Å². The van der Waals surface area contributed by atoms with Crippen LogP contribution in [0.15, 0.2) is 30.3 Å². The van der Waals surface area contributed by atoms with Crippen LogP contribution in [-0.4, -0.2) is 30.1 Å². The van der Waals surface area contributed by atoms with Crippen LogP contribution in [0.2, 0.25) is 0 Å². The van der Waals surface area contributed by atoms with Crippen LogP contribution in [0.1, 0.15) is 24.9 Å².